The number of carbonyl (C=O) groups excluding carboxylic acids is 2. The number of halogens is 3. The van der Waals surface area contributed by atoms with Gasteiger partial charge < -0.3 is 4.90 Å². The van der Waals surface area contributed by atoms with Crippen molar-refractivity contribution < 1.29 is 9.59 Å². The molecule has 1 saturated heterocycles. The van der Waals surface area contributed by atoms with E-state index in [-0.39, 0.29) is 11.7 Å². The fourth-order valence-corrected chi connectivity index (χ4v) is 6.18. The average Bonchev–Trinajstić information content (AvgIpc) is 2.93. The summed E-state index contributed by atoms with van der Waals surface area (Å²) in [7, 11) is 0. The minimum atomic E-state index is -0.566. The van der Waals surface area contributed by atoms with Crippen LogP contribution in [0, 0.1) is 6.92 Å². The number of rotatable bonds is 5. The van der Waals surface area contributed by atoms with Gasteiger partial charge in [0, 0.05) is 33.7 Å². The second-order valence-corrected chi connectivity index (χ2v) is 11.7. The van der Waals surface area contributed by atoms with E-state index in [1.165, 1.54) is 0 Å². The zero-order valence-corrected chi connectivity index (χ0v) is 24.8. The molecule has 0 aliphatic carbocycles. The number of benzene rings is 3. The predicted octanol–water partition coefficient (Wildman–Crippen LogP) is 8.56. The average molecular weight is 622 g/mol. The minimum Gasteiger partial charge on any atom is -0.338 e. The van der Waals surface area contributed by atoms with Crippen LogP contribution in [0.25, 0.3) is 22.4 Å². The Morgan fingerprint density at radius 1 is 0.897 bits per heavy atom. The SMILES string of the molecule is CC(=O)C1(c2ccccc2)CCN(C(=O)c2cc(-c3ccc(Br)cc3)c(-c3ccc(Cl)cc3Cl)nc2C)CC1. The van der Waals surface area contributed by atoms with E-state index in [9.17, 15) is 9.59 Å². The van der Waals surface area contributed by atoms with Gasteiger partial charge in [-0.25, -0.2) is 0 Å². The molecule has 5 rings (SSSR count). The third kappa shape index (κ3) is 5.41. The van der Waals surface area contributed by atoms with Crippen LogP contribution in [-0.4, -0.2) is 34.7 Å². The number of aryl methyl sites for hydroxylation is 1. The molecular formula is C32H27BrCl2N2O2. The van der Waals surface area contributed by atoms with Crippen molar-refractivity contribution in [3.63, 3.8) is 0 Å². The number of aromatic nitrogens is 1. The molecule has 0 N–H and O–H groups in total. The number of piperidine rings is 1. The van der Waals surface area contributed by atoms with Crippen LogP contribution in [-0.2, 0) is 10.2 Å². The minimum absolute atomic E-state index is 0.0858. The summed E-state index contributed by atoms with van der Waals surface area (Å²) in [5, 5.41) is 1.03. The molecular weight excluding hydrogens is 595 g/mol. The molecule has 4 aromatic rings. The van der Waals surface area contributed by atoms with Gasteiger partial charge in [0.25, 0.3) is 5.91 Å². The van der Waals surface area contributed by atoms with Gasteiger partial charge in [-0.3, -0.25) is 14.6 Å². The summed E-state index contributed by atoms with van der Waals surface area (Å²) in [4.78, 5) is 33.5. The maximum atomic E-state index is 13.9. The van der Waals surface area contributed by atoms with Gasteiger partial charge in [-0.2, -0.15) is 0 Å². The van der Waals surface area contributed by atoms with Crippen LogP contribution in [0.2, 0.25) is 10.0 Å². The molecule has 0 saturated carbocycles. The van der Waals surface area contributed by atoms with Crippen LogP contribution >= 0.6 is 39.1 Å². The first-order chi connectivity index (χ1) is 18.7. The van der Waals surface area contributed by atoms with Gasteiger partial charge in [0.1, 0.15) is 5.78 Å². The summed E-state index contributed by atoms with van der Waals surface area (Å²) in [6.45, 7) is 4.49. The topological polar surface area (TPSA) is 50.3 Å². The lowest BCUT2D eigenvalue weighted by Crippen LogP contribution is -2.48. The van der Waals surface area contributed by atoms with Crippen molar-refractivity contribution in [3.8, 4) is 22.4 Å². The Kier molecular flexibility index (Phi) is 7.95. The molecule has 1 aliphatic heterocycles. The molecule has 0 unspecified atom stereocenters. The first-order valence-corrected chi connectivity index (χ1v) is 14.3. The first-order valence-electron chi connectivity index (χ1n) is 12.8. The number of hydrogen-bond donors (Lipinski definition) is 0. The zero-order chi connectivity index (χ0) is 27.7. The number of ketones is 1. The summed E-state index contributed by atoms with van der Waals surface area (Å²) in [5.41, 5.74) is 4.76. The van der Waals surface area contributed by atoms with Gasteiger partial charge in [0.05, 0.1) is 27.4 Å². The number of carbonyl (C=O) groups is 2. The standard InChI is InChI=1S/C32H27BrCl2N2O2/c1-20-27(31(39)37-16-14-32(15-17-37,21(2)38)23-6-4-3-5-7-23)19-28(22-8-10-24(33)11-9-22)30(36-20)26-13-12-25(34)18-29(26)35/h3-13,18-19H,14-17H2,1-2H3. The molecule has 3 aromatic carbocycles. The van der Waals surface area contributed by atoms with E-state index in [1.807, 2.05) is 78.6 Å². The van der Waals surface area contributed by atoms with Crippen molar-refractivity contribution in [2.24, 2.45) is 0 Å². The molecule has 1 aliphatic rings. The molecule has 1 fully saturated rings. The first kappa shape index (κ1) is 27.6. The van der Waals surface area contributed by atoms with Crippen molar-refractivity contribution in [1.29, 1.82) is 0 Å². The van der Waals surface area contributed by atoms with Crippen molar-refractivity contribution in [2.75, 3.05) is 13.1 Å². The fraction of sp³-hybridized carbons (Fsp3) is 0.219. The van der Waals surface area contributed by atoms with Gasteiger partial charge in [0.2, 0.25) is 0 Å². The van der Waals surface area contributed by atoms with Gasteiger partial charge in [-0.1, -0.05) is 81.6 Å². The second kappa shape index (κ2) is 11.2. The van der Waals surface area contributed by atoms with Crippen molar-refractivity contribution >= 4 is 50.8 Å². The monoisotopic (exact) mass is 620 g/mol. The van der Waals surface area contributed by atoms with E-state index >= 15 is 0 Å². The molecule has 0 atom stereocenters. The number of pyridine rings is 1. The van der Waals surface area contributed by atoms with E-state index in [4.69, 9.17) is 28.2 Å². The van der Waals surface area contributed by atoms with Crippen LogP contribution < -0.4 is 0 Å². The normalized spacial score (nSPS) is 14.7. The van der Waals surface area contributed by atoms with Crippen molar-refractivity contribution in [3.05, 3.63) is 110 Å². The number of Topliss-reactive ketones (excluding diaryl/α,β-unsaturated/α-hetero) is 1. The Morgan fingerprint density at radius 3 is 2.18 bits per heavy atom. The molecule has 7 heteroatoms. The molecule has 0 radical (unpaired) electrons. The molecule has 1 aromatic heterocycles. The zero-order valence-electron chi connectivity index (χ0n) is 21.7. The quantitative estimate of drug-likeness (QED) is 0.224. The van der Waals surface area contributed by atoms with E-state index < -0.39 is 5.41 Å². The third-order valence-corrected chi connectivity index (χ3v) is 8.77. The Morgan fingerprint density at radius 2 is 1.56 bits per heavy atom. The van der Waals surface area contributed by atoms with Gasteiger partial charge in [-0.05, 0) is 74.2 Å². The summed E-state index contributed by atoms with van der Waals surface area (Å²) in [5.74, 6) is 0.0534. The summed E-state index contributed by atoms with van der Waals surface area (Å²) >= 11 is 16.3. The van der Waals surface area contributed by atoms with E-state index in [2.05, 4.69) is 15.9 Å². The second-order valence-electron chi connectivity index (χ2n) is 9.95. The molecule has 198 valence electrons. The van der Waals surface area contributed by atoms with Crippen molar-refractivity contribution in [2.45, 2.75) is 32.1 Å². The van der Waals surface area contributed by atoms with Gasteiger partial charge >= 0.3 is 0 Å². The number of nitrogens with zero attached hydrogens (tertiary/aromatic N) is 2. The maximum absolute atomic E-state index is 13.9. The highest BCUT2D eigenvalue weighted by molar-refractivity contribution is 9.10. The number of likely N-dealkylation sites (tertiary alicyclic amines) is 1. The Hall–Kier alpha value is -2.99. The summed E-state index contributed by atoms with van der Waals surface area (Å²) in [6, 6.07) is 25.0. The lowest BCUT2D eigenvalue weighted by atomic mass is 9.70. The Labute approximate surface area is 247 Å². The number of hydrogen-bond acceptors (Lipinski definition) is 3. The van der Waals surface area contributed by atoms with Gasteiger partial charge in [-0.15, -0.1) is 0 Å². The predicted molar refractivity (Wildman–Crippen MR) is 162 cm³/mol. The van der Waals surface area contributed by atoms with E-state index in [0.717, 1.165) is 26.7 Å². The Bertz CT molecular complexity index is 1550. The highest BCUT2D eigenvalue weighted by Gasteiger charge is 2.41. The largest absolute Gasteiger partial charge is 0.338 e. The smallest absolute Gasteiger partial charge is 0.255 e. The lowest BCUT2D eigenvalue weighted by molar-refractivity contribution is -0.124. The molecule has 1 amide bonds. The molecule has 39 heavy (non-hydrogen) atoms. The van der Waals surface area contributed by atoms with Crippen molar-refractivity contribution in [1.82, 2.24) is 9.88 Å². The highest BCUT2D eigenvalue weighted by Crippen LogP contribution is 2.39. The lowest BCUT2D eigenvalue weighted by Gasteiger charge is -2.40. The van der Waals surface area contributed by atoms with Crippen LogP contribution in [0.4, 0.5) is 0 Å². The molecule has 0 spiro atoms. The van der Waals surface area contributed by atoms with Crippen LogP contribution in [0.3, 0.4) is 0 Å². The molecule has 2 heterocycles. The Balaban J connectivity index is 1.52. The van der Waals surface area contributed by atoms with E-state index in [0.29, 0.717) is 52.9 Å². The highest BCUT2D eigenvalue weighted by atomic mass is 79.9. The fourth-order valence-electron chi connectivity index (χ4n) is 5.42. The maximum Gasteiger partial charge on any atom is 0.255 e. The summed E-state index contributed by atoms with van der Waals surface area (Å²) in [6.07, 6.45) is 1.17. The van der Waals surface area contributed by atoms with Crippen LogP contribution in [0.5, 0.6) is 0 Å². The third-order valence-electron chi connectivity index (χ3n) is 7.69. The number of amides is 1. The van der Waals surface area contributed by atoms with Crippen LogP contribution in [0.15, 0.2) is 83.3 Å². The molecule has 0 bridgehead atoms. The van der Waals surface area contributed by atoms with Crippen LogP contribution in [0.1, 0.15) is 41.4 Å². The van der Waals surface area contributed by atoms with E-state index in [1.54, 1.807) is 19.1 Å². The molecule has 4 nitrogen and oxygen atoms in total. The van der Waals surface area contributed by atoms with Gasteiger partial charge in [0.15, 0.2) is 0 Å². The summed E-state index contributed by atoms with van der Waals surface area (Å²) < 4.78 is 0.953.